The molecule has 0 spiro atoms. The van der Waals surface area contributed by atoms with E-state index in [4.69, 9.17) is 0 Å². The molecule has 1 aromatic heterocycles. The fourth-order valence-corrected chi connectivity index (χ4v) is 4.43. The lowest BCUT2D eigenvalue weighted by atomic mass is 9.80. The molecule has 0 radical (unpaired) electrons. The smallest absolute Gasteiger partial charge is 0.336 e. The lowest BCUT2D eigenvalue weighted by Gasteiger charge is -2.22. The first-order chi connectivity index (χ1) is 14.7. The second kappa shape index (κ2) is 8.72. The van der Waals surface area contributed by atoms with E-state index in [1.807, 2.05) is 52.0 Å². The van der Waals surface area contributed by atoms with Crippen LogP contribution in [-0.2, 0) is 12.8 Å². The van der Waals surface area contributed by atoms with Crippen LogP contribution in [0.4, 0.5) is 0 Å². The first-order valence-corrected chi connectivity index (χ1v) is 10.4. The molecule has 5 heteroatoms. The van der Waals surface area contributed by atoms with E-state index in [1.165, 1.54) is 0 Å². The van der Waals surface area contributed by atoms with Gasteiger partial charge in [0.2, 0.25) is 0 Å². The van der Waals surface area contributed by atoms with E-state index in [1.54, 1.807) is 19.2 Å². The summed E-state index contributed by atoms with van der Waals surface area (Å²) in [6.45, 7) is 9.46. The number of carboxylic acids is 2. The van der Waals surface area contributed by atoms with Crippen molar-refractivity contribution in [2.45, 2.75) is 47.5 Å². The summed E-state index contributed by atoms with van der Waals surface area (Å²) in [5.74, 6) is -2.28. The van der Waals surface area contributed by atoms with Crippen molar-refractivity contribution in [1.29, 1.82) is 0 Å². The number of pyridine rings is 1. The van der Waals surface area contributed by atoms with Crippen LogP contribution in [0.15, 0.2) is 36.5 Å². The van der Waals surface area contributed by atoms with Crippen LogP contribution in [-0.4, -0.2) is 27.1 Å². The van der Waals surface area contributed by atoms with Crippen molar-refractivity contribution >= 4 is 11.9 Å². The highest BCUT2D eigenvalue weighted by Gasteiger charge is 2.29. The summed E-state index contributed by atoms with van der Waals surface area (Å²) < 4.78 is 0. The third kappa shape index (κ3) is 3.83. The Balaban J connectivity index is 2.63. The van der Waals surface area contributed by atoms with Crippen molar-refractivity contribution < 1.29 is 19.8 Å². The number of aromatic nitrogens is 1. The first kappa shape index (κ1) is 22.2. The summed E-state index contributed by atoms with van der Waals surface area (Å²) in [4.78, 5) is 29.4. The van der Waals surface area contributed by atoms with E-state index < -0.39 is 11.9 Å². The maximum Gasteiger partial charge on any atom is 0.336 e. The molecule has 0 unspecified atom stereocenters. The minimum atomic E-state index is -1.15. The molecule has 0 fully saturated rings. The molecule has 0 aliphatic rings. The van der Waals surface area contributed by atoms with Crippen LogP contribution in [0, 0.1) is 20.8 Å². The predicted octanol–water partition coefficient (Wildman–Crippen LogP) is 5.86. The van der Waals surface area contributed by atoms with E-state index in [9.17, 15) is 19.8 Å². The van der Waals surface area contributed by atoms with Gasteiger partial charge in [0.1, 0.15) is 0 Å². The molecule has 5 nitrogen and oxygen atoms in total. The number of hydrogen-bond donors (Lipinski definition) is 2. The molecule has 2 aromatic carbocycles. The van der Waals surface area contributed by atoms with Crippen molar-refractivity contribution in [2.24, 2.45) is 0 Å². The molecule has 3 rings (SSSR count). The lowest BCUT2D eigenvalue weighted by molar-refractivity contribution is 0.0695. The summed E-state index contributed by atoms with van der Waals surface area (Å²) >= 11 is 0. The fourth-order valence-electron chi connectivity index (χ4n) is 4.43. The van der Waals surface area contributed by atoms with Gasteiger partial charge >= 0.3 is 11.9 Å². The zero-order valence-electron chi connectivity index (χ0n) is 18.5. The van der Waals surface area contributed by atoms with Gasteiger partial charge in [0.25, 0.3) is 0 Å². The Bertz CT molecular complexity index is 1150. The third-order valence-electron chi connectivity index (χ3n) is 5.82. The maximum atomic E-state index is 12.7. The number of nitrogens with zero attached hydrogens (tertiary/aromatic N) is 1. The van der Waals surface area contributed by atoms with Crippen LogP contribution in [0.3, 0.4) is 0 Å². The summed E-state index contributed by atoms with van der Waals surface area (Å²) in [5.41, 5.74) is 6.26. The van der Waals surface area contributed by atoms with Gasteiger partial charge in [0.05, 0.1) is 11.1 Å². The van der Waals surface area contributed by atoms with E-state index in [-0.39, 0.29) is 16.7 Å². The van der Waals surface area contributed by atoms with Gasteiger partial charge in [-0.05, 0) is 79.1 Å². The average Bonchev–Trinajstić information content (AvgIpc) is 2.71. The summed E-state index contributed by atoms with van der Waals surface area (Å²) in [7, 11) is 0. The molecule has 1 heterocycles. The Kier molecular flexibility index (Phi) is 6.25. The largest absolute Gasteiger partial charge is 0.478 e. The zero-order chi connectivity index (χ0) is 22.9. The number of rotatable bonds is 6. The number of carboxylic acid groups (broad SMARTS) is 2. The molecule has 0 aliphatic carbocycles. The highest BCUT2D eigenvalue weighted by molar-refractivity contribution is 6.11. The first-order valence-electron chi connectivity index (χ1n) is 10.4. The monoisotopic (exact) mass is 417 g/mol. The number of aromatic carboxylic acids is 2. The summed E-state index contributed by atoms with van der Waals surface area (Å²) in [5, 5.41) is 20.5. The van der Waals surface area contributed by atoms with Gasteiger partial charge in [-0.3, -0.25) is 4.98 Å². The number of carbonyl (C=O) groups is 2. The molecule has 2 N–H and O–H groups in total. The summed E-state index contributed by atoms with van der Waals surface area (Å²) in [6.07, 6.45) is 3.01. The van der Waals surface area contributed by atoms with E-state index in [0.29, 0.717) is 35.2 Å². The van der Waals surface area contributed by atoms with Crippen LogP contribution in [0.1, 0.15) is 62.5 Å². The van der Waals surface area contributed by atoms with Gasteiger partial charge in [-0.15, -0.1) is 0 Å². The van der Waals surface area contributed by atoms with E-state index >= 15 is 0 Å². The van der Waals surface area contributed by atoms with Crippen molar-refractivity contribution in [3.05, 3.63) is 75.6 Å². The fraction of sp³-hybridized carbons (Fsp3) is 0.269. The van der Waals surface area contributed by atoms with Gasteiger partial charge in [0, 0.05) is 23.0 Å². The molecule has 0 aliphatic heterocycles. The Morgan fingerprint density at radius 1 is 0.806 bits per heavy atom. The number of benzene rings is 2. The third-order valence-corrected chi connectivity index (χ3v) is 5.82. The molecule has 0 saturated carbocycles. The Morgan fingerprint density at radius 2 is 1.39 bits per heavy atom. The normalized spacial score (nSPS) is 10.9. The minimum absolute atomic E-state index is 0.0119. The molecule has 0 saturated heterocycles. The van der Waals surface area contributed by atoms with Crippen LogP contribution in [0.2, 0.25) is 0 Å². The molecule has 160 valence electrons. The quantitative estimate of drug-likeness (QED) is 0.524. The standard InChI is InChI=1S/C26H27NO4/c1-6-17-9-8-10-18(7-2)22(17)24-21(25(28)29)15(4)13-19(23(24)26(30)31)20-14(3)11-12-27-16(20)5/h8-13H,6-7H2,1-5H3,(H,28,29)(H,30,31). The van der Waals surface area contributed by atoms with Gasteiger partial charge < -0.3 is 10.2 Å². The Morgan fingerprint density at radius 3 is 1.87 bits per heavy atom. The van der Waals surface area contributed by atoms with E-state index in [0.717, 1.165) is 22.3 Å². The predicted molar refractivity (Wildman–Crippen MR) is 122 cm³/mol. The molecule has 0 amide bonds. The number of aryl methyl sites for hydroxylation is 5. The molecule has 0 bridgehead atoms. The molecule has 3 aromatic rings. The van der Waals surface area contributed by atoms with Crippen LogP contribution in [0.5, 0.6) is 0 Å². The van der Waals surface area contributed by atoms with Gasteiger partial charge in [-0.1, -0.05) is 32.0 Å². The van der Waals surface area contributed by atoms with Crippen LogP contribution in [0.25, 0.3) is 22.3 Å². The van der Waals surface area contributed by atoms with Gasteiger partial charge in [-0.2, -0.15) is 0 Å². The van der Waals surface area contributed by atoms with Crippen molar-refractivity contribution in [3.8, 4) is 22.3 Å². The average molecular weight is 418 g/mol. The van der Waals surface area contributed by atoms with E-state index in [2.05, 4.69) is 4.98 Å². The van der Waals surface area contributed by atoms with Gasteiger partial charge in [0.15, 0.2) is 0 Å². The minimum Gasteiger partial charge on any atom is -0.478 e. The Hall–Kier alpha value is -3.47. The number of hydrogen-bond acceptors (Lipinski definition) is 3. The maximum absolute atomic E-state index is 12.7. The molecule has 0 atom stereocenters. The van der Waals surface area contributed by atoms with Crippen LogP contribution < -0.4 is 0 Å². The second-order valence-corrected chi connectivity index (χ2v) is 7.72. The molecule has 31 heavy (non-hydrogen) atoms. The van der Waals surface area contributed by atoms with Crippen molar-refractivity contribution in [3.63, 3.8) is 0 Å². The van der Waals surface area contributed by atoms with Crippen LogP contribution >= 0.6 is 0 Å². The zero-order valence-corrected chi connectivity index (χ0v) is 18.5. The summed E-state index contributed by atoms with van der Waals surface area (Å²) in [6, 6.07) is 9.33. The lowest BCUT2D eigenvalue weighted by Crippen LogP contribution is -2.14. The molecular weight excluding hydrogens is 390 g/mol. The van der Waals surface area contributed by atoms with Crippen molar-refractivity contribution in [1.82, 2.24) is 4.98 Å². The second-order valence-electron chi connectivity index (χ2n) is 7.72. The SMILES string of the molecule is CCc1cccc(CC)c1-c1c(C(=O)O)c(C)cc(-c2c(C)ccnc2C)c1C(=O)O. The van der Waals surface area contributed by atoms with Crippen molar-refractivity contribution in [2.75, 3.05) is 0 Å². The highest BCUT2D eigenvalue weighted by Crippen LogP contribution is 2.42. The van der Waals surface area contributed by atoms with Gasteiger partial charge in [-0.25, -0.2) is 9.59 Å². The highest BCUT2D eigenvalue weighted by atomic mass is 16.4. The molecular formula is C26H27NO4. The Labute approximate surface area is 182 Å². The topological polar surface area (TPSA) is 87.5 Å².